The van der Waals surface area contributed by atoms with Crippen molar-refractivity contribution < 1.29 is 0 Å². The summed E-state index contributed by atoms with van der Waals surface area (Å²) in [6, 6.07) is 11.3. The number of azo groups is 1. The number of rotatable bonds is 3. The van der Waals surface area contributed by atoms with E-state index in [1.807, 2.05) is 43.3 Å². The summed E-state index contributed by atoms with van der Waals surface area (Å²) in [6.07, 6.45) is 0. The molecule has 0 bridgehead atoms. The van der Waals surface area contributed by atoms with E-state index in [0.29, 0.717) is 15.2 Å². The van der Waals surface area contributed by atoms with Crippen LogP contribution < -0.4 is 4.90 Å². The van der Waals surface area contributed by atoms with Gasteiger partial charge >= 0.3 is 0 Å². The summed E-state index contributed by atoms with van der Waals surface area (Å²) in [6.45, 7) is 0. The summed E-state index contributed by atoms with van der Waals surface area (Å²) in [5, 5.41) is 9.96. The fourth-order valence-electron chi connectivity index (χ4n) is 1.87. The van der Waals surface area contributed by atoms with E-state index in [2.05, 4.69) is 15.2 Å². The van der Waals surface area contributed by atoms with Crippen molar-refractivity contribution in [1.82, 2.24) is 4.98 Å². The van der Waals surface area contributed by atoms with Crippen molar-refractivity contribution in [2.45, 2.75) is 0 Å². The zero-order chi connectivity index (χ0) is 15.7. The molecule has 0 aliphatic heterocycles. The molecule has 0 aliphatic carbocycles. The first kappa shape index (κ1) is 15.2. The quantitative estimate of drug-likeness (QED) is 0.536. The molecule has 7 heteroatoms. The number of hydrogen-bond acceptors (Lipinski definition) is 5. The zero-order valence-electron chi connectivity index (χ0n) is 11.9. The fraction of sp³-hybridized carbons (Fsp3) is 0.133. The molecule has 0 unspecified atom stereocenters. The van der Waals surface area contributed by atoms with Crippen LogP contribution in [0.25, 0.3) is 10.2 Å². The van der Waals surface area contributed by atoms with E-state index >= 15 is 0 Å². The maximum Gasteiger partial charge on any atom is 0.231 e. The Bertz CT molecular complexity index is 802. The highest BCUT2D eigenvalue weighted by Crippen LogP contribution is 2.34. The van der Waals surface area contributed by atoms with Gasteiger partial charge < -0.3 is 4.90 Å². The van der Waals surface area contributed by atoms with Gasteiger partial charge in [0.1, 0.15) is 0 Å². The molecular formula is C15H12Cl2N4S. The Morgan fingerprint density at radius 2 is 1.68 bits per heavy atom. The maximum absolute atomic E-state index is 6.00. The molecule has 0 atom stereocenters. The van der Waals surface area contributed by atoms with Crippen LogP contribution in [0, 0.1) is 0 Å². The van der Waals surface area contributed by atoms with Crippen LogP contribution in [0.1, 0.15) is 0 Å². The Morgan fingerprint density at radius 1 is 1.00 bits per heavy atom. The highest BCUT2D eigenvalue weighted by Gasteiger charge is 2.07. The van der Waals surface area contributed by atoms with E-state index in [4.69, 9.17) is 23.2 Å². The lowest BCUT2D eigenvalue weighted by Gasteiger charge is -2.11. The minimum Gasteiger partial charge on any atom is -0.378 e. The molecule has 0 spiro atoms. The SMILES string of the molecule is CN(C)c1ccc(N=Nc2nc3cc(Cl)c(Cl)cc3s2)cc1. The van der Waals surface area contributed by atoms with Crippen LogP contribution >= 0.6 is 34.5 Å². The summed E-state index contributed by atoms with van der Waals surface area (Å²) in [7, 11) is 3.99. The molecule has 3 rings (SSSR count). The summed E-state index contributed by atoms with van der Waals surface area (Å²) >= 11 is 13.4. The van der Waals surface area contributed by atoms with Crippen molar-refractivity contribution >= 4 is 61.3 Å². The van der Waals surface area contributed by atoms with Crippen molar-refractivity contribution in [3.63, 3.8) is 0 Å². The summed E-state index contributed by atoms with van der Waals surface area (Å²) in [4.78, 5) is 6.41. The van der Waals surface area contributed by atoms with Gasteiger partial charge in [0, 0.05) is 19.8 Å². The molecule has 2 aromatic carbocycles. The van der Waals surface area contributed by atoms with E-state index in [1.54, 1.807) is 12.1 Å². The van der Waals surface area contributed by atoms with Gasteiger partial charge in [0.2, 0.25) is 5.13 Å². The second kappa shape index (κ2) is 6.20. The molecule has 1 heterocycles. The first-order chi connectivity index (χ1) is 10.5. The number of halogens is 2. The van der Waals surface area contributed by atoms with Gasteiger partial charge in [-0.25, -0.2) is 4.98 Å². The standard InChI is InChI=1S/C15H12Cl2N4S/c1-21(2)10-5-3-9(4-6-10)19-20-15-18-13-7-11(16)12(17)8-14(13)22-15/h3-8H,1-2H3. The number of benzene rings is 2. The molecule has 1 aromatic heterocycles. The number of fused-ring (bicyclic) bond motifs is 1. The van der Waals surface area contributed by atoms with Gasteiger partial charge in [-0.3, -0.25) is 0 Å². The second-order valence-corrected chi connectivity index (χ2v) is 6.66. The molecule has 112 valence electrons. The number of hydrogen-bond donors (Lipinski definition) is 0. The van der Waals surface area contributed by atoms with Gasteiger partial charge in [0.15, 0.2) is 0 Å². The van der Waals surface area contributed by atoms with E-state index in [9.17, 15) is 0 Å². The number of nitrogens with zero attached hydrogens (tertiary/aromatic N) is 4. The summed E-state index contributed by atoms with van der Waals surface area (Å²) in [5.41, 5.74) is 2.67. The first-order valence-corrected chi connectivity index (χ1v) is 8.05. The van der Waals surface area contributed by atoms with Gasteiger partial charge in [0.05, 0.1) is 25.9 Å². The van der Waals surface area contributed by atoms with Gasteiger partial charge in [-0.15, -0.1) is 10.2 Å². The van der Waals surface area contributed by atoms with Crippen molar-refractivity contribution in [2.75, 3.05) is 19.0 Å². The van der Waals surface area contributed by atoms with Crippen molar-refractivity contribution in [2.24, 2.45) is 10.2 Å². The summed E-state index contributed by atoms with van der Waals surface area (Å²) in [5.74, 6) is 0. The third-order valence-corrected chi connectivity index (χ3v) is 4.66. The minimum absolute atomic E-state index is 0.488. The van der Waals surface area contributed by atoms with E-state index in [-0.39, 0.29) is 0 Å². The predicted molar refractivity (Wildman–Crippen MR) is 94.6 cm³/mol. The van der Waals surface area contributed by atoms with Gasteiger partial charge in [-0.05, 0) is 36.4 Å². The lowest BCUT2D eigenvalue weighted by Crippen LogP contribution is -2.07. The topological polar surface area (TPSA) is 40.9 Å². The Morgan fingerprint density at radius 3 is 2.36 bits per heavy atom. The lowest BCUT2D eigenvalue weighted by molar-refractivity contribution is 1.13. The lowest BCUT2D eigenvalue weighted by atomic mass is 10.3. The van der Waals surface area contributed by atoms with Crippen LogP contribution in [0.3, 0.4) is 0 Å². The highest BCUT2D eigenvalue weighted by molar-refractivity contribution is 7.22. The number of aromatic nitrogens is 1. The Balaban J connectivity index is 1.85. The first-order valence-electron chi connectivity index (χ1n) is 6.47. The monoisotopic (exact) mass is 350 g/mol. The van der Waals surface area contributed by atoms with Gasteiger partial charge in [-0.2, -0.15) is 0 Å². The molecule has 0 N–H and O–H groups in total. The molecule has 22 heavy (non-hydrogen) atoms. The Kier molecular flexibility index (Phi) is 4.29. The van der Waals surface area contributed by atoms with E-state index in [1.165, 1.54) is 11.3 Å². The minimum atomic E-state index is 0.488. The Hall–Kier alpha value is -1.69. The van der Waals surface area contributed by atoms with Crippen LogP contribution in [-0.2, 0) is 0 Å². The maximum atomic E-state index is 6.00. The summed E-state index contributed by atoms with van der Waals surface area (Å²) < 4.78 is 0.936. The van der Waals surface area contributed by atoms with Crippen LogP contribution in [-0.4, -0.2) is 19.1 Å². The van der Waals surface area contributed by atoms with Crippen molar-refractivity contribution in [3.05, 3.63) is 46.4 Å². The van der Waals surface area contributed by atoms with Gasteiger partial charge in [0.25, 0.3) is 0 Å². The Labute approximate surface area is 142 Å². The van der Waals surface area contributed by atoms with Crippen LogP contribution in [0.15, 0.2) is 46.6 Å². The van der Waals surface area contributed by atoms with E-state index < -0.39 is 0 Å². The van der Waals surface area contributed by atoms with Crippen LogP contribution in [0.5, 0.6) is 0 Å². The molecule has 0 amide bonds. The third kappa shape index (κ3) is 3.21. The zero-order valence-corrected chi connectivity index (χ0v) is 14.2. The number of anilines is 1. The smallest absolute Gasteiger partial charge is 0.231 e. The average Bonchev–Trinajstić information content (AvgIpc) is 2.88. The molecule has 0 saturated heterocycles. The molecule has 0 aliphatic rings. The predicted octanol–water partition coefficient (Wildman–Crippen LogP) is 6.08. The van der Waals surface area contributed by atoms with Gasteiger partial charge in [-0.1, -0.05) is 34.5 Å². The molecule has 0 radical (unpaired) electrons. The molecule has 0 saturated carbocycles. The second-order valence-electron chi connectivity index (χ2n) is 4.84. The molecule has 3 aromatic rings. The third-order valence-electron chi connectivity index (χ3n) is 3.04. The molecule has 4 nitrogen and oxygen atoms in total. The average molecular weight is 351 g/mol. The number of thiazole rings is 1. The van der Waals surface area contributed by atoms with Crippen molar-refractivity contribution in [3.8, 4) is 0 Å². The molecular weight excluding hydrogens is 339 g/mol. The largest absolute Gasteiger partial charge is 0.378 e. The molecule has 0 fully saturated rings. The van der Waals surface area contributed by atoms with Crippen molar-refractivity contribution in [1.29, 1.82) is 0 Å². The van der Waals surface area contributed by atoms with Crippen LogP contribution in [0.2, 0.25) is 10.0 Å². The normalized spacial score (nSPS) is 11.5. The fourth-order valence-corrected chi connectivity index (χ4v) is 3.07. The van der Waals surface area contributed by atoms with Crippen LogP contribution in [0.4, 0.5) is 16.5 Å². The highest BCUT2D eigenvalue weighted by atomic mass is 35.5. The van der Waals surface area contributed by atoms with E-state index in [0.717, 1.165) is 21.6 Å².